The molecule has 0 saturated carbocycles. The molecule has 0 aromatic rings. The molecule has 0 bridgehead atoms. The van der Waals surface area contributed by atoms with Crippen molar-refractivity contribution in [3.05, 3.63) is 0 Å². The molecule has 186 valence electrons. The van der Waals surface area contributed by atoms with Crippen LogP contribution in [-0.4, -0.2) is 97.7 Å². The number of carbonyl (C=O) groups excluding carboxylic acids is 1. The van der Waals surface area contributed by atoms with E-state index in [9.17, 15) is 4.79 Å². The van der Waals surface area contributed by atoms with Gasteiger partial charge in [0.15, 0.2) is 0 Å². The largest absolute Gasteiger partial charge is 0.463 e. The van der Waals surface area contributed by atoms with Crippen molar-refractivity contribution in [2.24, 2.45) is 0 Å². The highest BCUT2D eigenvalue weighted by Gasteiger charge is 2.02. The molecule has 9 heteroatoms. The topological polar surface area (TPSA) is 81.7 Å². The molecule has 0 atom stereocenters. The Morgan fingerprint density at radius 1 is 0.548 bits per heavy atom. The van der Waals surface area contributed by atoms with E-state index in [1.807, 2.05) is 0 Å². The summed E-state index contributed by atoms with van der Waals surface area (Å²) >= 11 is 5.49. The molecule has 0 N–H and O–H groups in total. The lowest BCUT2D eigenvalue weighted by Gasteiger charge is -2.08. The third-order valence-electron chi connectivity index (χ3n) is 4.06. The molecule has 0 aromatic carbocycles. The Balaban J connectivity index is 3.08. The van der Waals surface area contributed by atoms with Crippen molar-refractivity contribution in [2.45, 2.75) is 45.4 Å². The van der Waals surface area contributed by atoms with Crippen molar-refractivity contribution < 1.29 is 38.0 Å². The summed E-state index contributed by atoms with van der Waals surface area (Å²) in [4.78, 5) is 11.5. The van der Waals surface area contributed by atoms with E-state index in [0.29, 0.717) is 98.2 Å². The summed E-state index contributed by atoms with van der Waals surface area (Å²) in [6, 6.07) is 0. The van der Waals surface area contributed by atoms with Gasteiger partial charge in [-0.2, -0.15) is 0 Å². The van der Waals surface area contributed by atoms with Crippen molar-refractivity contribution >= 4 is 17.6 Å². The minimum atomic E-state index is -0.141. The summed E-state index contributed by atoms with van der Waals surface area (Å²) in [7, 11) is 0. The number of rotatable bonds is 26. The predicted molar refractivity (Wildman–Crippen MR) is 120 cm³/mol. The van der Waals surface area contributed by atoms with E-state index in [-0.39, 0.29) is 5.97 Å². The Bertz CT molecular complexity index is 360. The molecule has 0 fully saturated rings. The van der Waals surface area contributed by atoms with E-state index >= 15 is 0 Å². The van der Waals surface area contributed by atoms with Crippen LogP contribution < -0.4 is 0 Å². The number of unbranched alkanes of at least 4 members (excludes halogenated alkanes) is 4. The molecule has 0 heterocycles. The standard InChI is InChI=1S/C22H43ClO8/c1-2-3-4-5-6-7-22(24)31-21-20-30-19-18-29-17-16-28-15-14-27-13-12-26-11-10-25-9-8-23/h2-21H2,1H3. The minimum Gasteiger partial charge on any atom is -0.463 e. The van der Waals surface area contributed by atoms with Crippen LogP contribution in [0.15, 0.2) is 0 Å². The molecule has 0 aliphatic heterocycles. The van der Waals surface area contributed by atoms with Crippen molar-refractivity contribution in [1.29, 1.82) is 0 Å². The lowest BCUT2D eigenvalue weighted by molar-refractivity contribution is -0.145. The van der Waals surface area contributed by atoms with Crippen LogP contribution in [0.3, 0.4) is 0 Å². The van der Waals surface area contributed by atoms with Crippen LogP contribution in [0.5, 0.6) is 0 Å². The molecule has 31 heavy (non-hydrogen) atoms. The first-order valence-corrected chi connectivity index (χ1v) is 12.0. The summed E-state index contributed by atoms with van der Waals surface area (Å²) in [5, 5.41) is 0. The Morgan fingerprint density at radius 2 is 0.935 bits per heavy atom. The zero-order chi connectivity index (χ0) is 22.7. The fourth-order valence-electron chi connectivity index (χ4n) is 2.42. The first-order valence-electron chi connectivity index (χ1n) is 11.5. The van der Waals surface area contributed by atoms with E-state index in [2.05, 4.69) is 6.92 Å². The number of hydrogen-bond donors (Lipinski definition) is 0. The van der Waals surface area contributed by atoms with E-state index in [1.165, 1.54) is 19.3 Å². The maximum absolute atomic E-state index is 11.5. The molecule has 0 saturated heterocycles. The number of esters is 1. The molecule has 0 aliphatic rings. The van der Waals surface area contributed by atoms with Gasteiger partial charge in [0.2, 0.25) is 0 Å². The van der Waals surface area contributed by atoms with Crippen LogP contribution >= 0.6 is 11.6 Å². The maximum Gasteiger partial charge on any atom is 0.305 e. The van der Waals surface area contributed by atoms with Gasteiger partial charge in [-0.05, 0) is 6.42 Å². The minimum absolute atomic E-state index is 0.141. The number of carbonyl (C=O) groups is 1. The van der Waals surface area contributed by atoms with Gasteiger partial charge in [0.05, 0.1) is 79.3 Å². The van der Waals surface area contributed by atoms with Gasteiger partial charge in [-0.15, -0.1) is 11.6 Å². The predicted octanol–water partition coefficient (Wildman–Crippen LogP) is 3.23. The van der Waals surface area contributed by atoms with Gasteiger partial charge < -0.3 is 33.2 Å². The van der Waals surface area contributed by atoms with Crippen LogP contribution in [0.2, 0.25) is 0 Å². The molecule has 8 nitrogen and oxygen atoms in total. The monoisotopic (exact) mass is 470 g/mol. The maximum atomic E-state index is 11.5. The van der Waals surface area contributed by atoms with Crippen LogP contribution in [0.25, 0.3) is 0 Å². The number of alkyl halides is 1. The normalized spacial score (nSPS) is 11.2. The van der Waals surface area contributed by atoms with Gasteiger partial charge >= 0.3 is 5.97 Å². The second kappa shape index (κ2) is 27.6. The molecule has 0 spiro atoms. The first-order chi connectivity index (χ1) is 15.3. The molecular formula is C22H43ClO8. The Hall–Kier alpha value is -0.480. The highest BCUT2D eigenvalue weighted by Crippen LogP contribution is 2.05. The van der Waals surface area contributed by atoms with Gasteiger partial charge in [0.1, 0.15) is 6.61 Å². The van der Waals surface area contributed by atoms with Gasteiger partial charge in [-0.1, -0.05) is 32.6 Å². The van der Waals surface area contributed by atoms with Crippen LogP contribution in [0, 0.1) is 0 Å². The van der Waals surface area contributed by atoms with Crippen molar-refractivity contribution in [3.8, 4) is 0 Å². The highest BCUT2D eigenvalue weighted by molar-refractivity contribution is 6.17. The summed E-state index contributed by atoms with van der Waals surface area (Å²) in [5.74, 6) is 0.359. The second-order valence-corrected chi connectivity index (χ2v) is 7.13. The molecule has 0 rings (SSSR count). The van der Waals surface area contributed by atoms with E-state index in [1.54, 1.807) is 0 Å². The molecule has 0 amide bonds. The molecule has 0 aliphatic carbocycles. The average Bonchev–Trinajstić information content (AvgIpc) is 2.77. The second-order valence-electron chi connectivity index (χ2n) is 6.75. The average molecular weight is 471 g/mol. The lowest BCUT2D eigenvalue weighted by atomic mass is 10.1. The fourth-order valence-corrected chi connectivity index (χ4v) is 2.52. The summed E-state index contributed by atoms with van der Waals surface area (Å²) in [6.45, 7) is 8.56. The van der Waals surface area contributed by atoms with Gasteiger partial charge in [0, 0.05) is 12.3 Å². The molecule has 0 radical (unpaired) electrons. The Labute approximate surface area is 193 Å². The Kier molecular flexibility index (Phi) is 27.1. The third-order valence-corrected chi connectivity index (χ3v) is 4.21. The van der Waals surface area contributed by atoms with Gasteiger partial charge in [-0.3, -0.25) is 4.79 Å². The lowest BCUT2D eigenvalue weighted by Crippen LogP contribution is -2.15. The van der Waals surface area contributed by atoms with E-state index < -0.39 is 0 Å². The van der Waals surface area contributed by atoms with Gasteiger partial charge in [0.25, 0.3) is 0 Å². The first kappa shape index (κ1) is 30.5. The van der Waals surface area contributed by atoms with Gasteiger partial charge in [-0.25, -0.2) is 0 Å². The SMILES string of the molecule is CCCCCCCC(=O)OCCOCCOCCOCCOCCOCCOCCCl. The number of ether oxygens (including phenoxy) is 7. The van der Waals surface area contributed by atoms with Crippen LogP contribution in [-0.2, 0) is 38.0 Å². The summed E-state index contributed by atoms with van der Waals surface area (Å²) < 4.78 is 37.2. The van der Waals surface area contributed by atoms with E-state index in [4.69, 9.17) is 44.8 Å². The third kappa shape index (κ3) is 27.5. The van der Waals surface area contributed by atoms with Crippen molar-refractivity contribution in [2.75, 3.05) is 91.8 Å². The zero-order valence-electron chi connectivity index (χ0n) is 19.3. The highest BCUT2D eigenvalue weighted by atomic mass is 35.5. The van der Waals surface area contributed by atoms with Crippen LogP contribution in [0.1, 0.15) is 45.4 Å². The molecular weight excluding hydrogens is 428 g/mol. The molecule has 0 unspecified atom stereocenters. The summed E-state index contributed by atoms with van der Waals surface area (Å²) in [6.07, 6.45) is 6.12. The van der Waals surface area contributed by atoms with Crippen LogP contribution in [0.4, 0.5) is 0 Å². The van der Waals surface area contributed by atoms with E-state index in [0.717, 1.165) is 12.8 Å². The van der Waals surface area contributed by atoms with Crippen molar-refractivity contribution in [3.63, 3.8) is 0 Å². The quantitative estimate of drug-likeness (QED) is 0.108. The number of halogens is 1. The number of hydrogen-bond acceptors (Lipinski definition) is 8. The smallest absolute Gasteiger partial charge is 0.305 e. The molecule has 0 aromatic heterocycles. The zero-order valence-corrected chi connectivity index (χ0v) is 20.0. The fraction of sp³-hybridized carbons (Fsp3) is 0.955. The van der Waals surface area contributed by atoms with Crippen molar-refractivity contribution in [1.82, 2.24) is 0 Å². The Morgan fingerprint density at radius 3 is 1.35 bits per heavy atom. The summed E-state index contributed by atoms with van der Waals surface area (Å²) in [5.41, 5.74) is 0.